The van der Waals surface area contributed by atoms with Crippen LogP contribution >= 0.6 is 34.8 Å². The van der Waals surface area contributed by atoms with Gasteiger partial charge in [0.1, 0.15) is 11.5 Å². The number of alkyl halides is 6. The van der Waals surface area contributed by atoms with E-state index in [1.54, 1.807) is 35.4 Å². The number of carbonyl (C=O) groups is 3. The molecule has 0 fully saturated rings. The predicted molar refractivity (Wildman–Crippen MR) is 262 cm³/mol. The summed E-state index contributed by atoms with van der Waals surface area (Å²) in [5.74, 6) is -1.25. The zero-order chi connectivity index (χ0) is 50.7. The first-order chi connectivity index (χ1) is 33.2. The Morgan fingerprint density at radius 2 is 1.18 bits per heavy atom. The van der Waals surface area contributed by atoms with Crippen molar-refractivity contribution < 1.29 is 69.5 Å². The maximum Gasteiger partial charge on any atom is 0.437 e. The van der Waals surface area contributed by atoms with E-state index in [1.807, 2.05) is 18.4 Å². The molecule has 0 atom stereocenters. The van der Waals surface area contributed by atoms with Crippen molar-refractivity contribution in [1.82, 2.24) is 14.9 Å². The number of aromatic nitrogens is 3. The Hall–Kier alpha value is -6.18. The topological polar surface area (TPSA) is 170 Å². The summed E-state index contributed by atoms with van der Waals surface area (Å²) in [6, 6.07) is 12.2. The summed E-state index contributed by atoms with van der Waals surface area (Å²) < 4.78 is 103. The molecule has 2 N–H and O–H groups in total. The second kappa shape index (κ2) is 23.6. The van der Waals surface area contributed by atoms with Gasteiger partial charge in [0, 0.05) is 51.5 Å². The highest BCUT2D eigenvalue weighted by Crippen LogP contribution is 2.41. The zero-order valence-corrected chi connectivity index (χ0v) is 39.6. The number of nitrogens with zero attached hydrogens (tertiary/aromatic N) is 4. The third kappa shape index (κ3) is 12.5. The van der Waals surface area contributed by atoms with Crippen LogP contribution in [-0.2, 0) is 65.4 Å². The molecule has 4 aromatic carbocycles. The normalized spacial score (nSPS) is 12.4. The first-order valence-corrected chi connectivity index (χ1v) is 23.1. The quantitative estimate of drug-likeness (QED) is 0.0619. The van der Waals surface area contributed by atoms with Crippen LogP contribution < -0.4 is 14.4 Å². The van der Waals surface area contributed by atoms with Crippen LogP contribution in [0, 0.1) is 0 Å². The summed E-state index contributed by atoms with van der Waals surface area (Å²) in [7, 11) is 0. The molecule has 72 heavy (non-hydrogen) atoms. The molecule has 3 aromatic heterocycles. The number of hydrogen-bond donors (Lipinski definition) is 2. The minimum atomic E-state index is -4.62. The Labute approximate surface area is 424 Å². The van der Waals surface area contributed by atoms with E-state index < -0.39 is 35.7 Å². The maximum absolute atomic E-state index is 13.2. The lowest BCUT2D eigenvalue weighted by atomic mass is 10.0. The predicted octanol–water partition coefficient (Wildman–Crippen LogP) is 13.9. The van der Waals surface area contributed by atoms with E-state index in [0.29, 0.717) is 113 Å². The van der Waals surface area contributed by atoms with Gasteiger partial charge in [-0.25, -0.2) is 0 Å². The fraction of sp³-hybridized carbons (Fsp3) is 0.380. The van der Waals surface area contributed by atoms with E-state index in [1.165, 1.54) is 24.3 Å². The van der Waals surface area contributed by atoms with E-state index in [2.05, 4.69) is 10.3 Å². The van der Waals surface area contributed by atoms with E-state index in [4.69, 9.17) is 63.5 Å². The first-order valence-electron chi connectivity index (χ1n) is 21.9. The van der Waals surface area contributed by atoms with Crippen molar-refractivity contribution in [2.45, 2.75) is 105 Å². The van der Waals surface area contributed by atoms with Gasteiger partial charge in [0.2, 0.25) is 5.91 Å². The molecule has 0 radical (unpaired) electrons. The van der Waals surface area contributed by atoms with Crippen molar-refractivity contribution in [3.63, 3.8) is 0 Å². The summed E-state index contributed by atoms with van der Waals surface area (Å²) >= 11 is 18.8. The number of carboxylic acids is 2. The number of halogens is 9. The third-order valence-corrected chi connectivity index (χ3v) is 12.4. The molecule has 1 aliphatic rings. The van der Waals surface area contributed by atoms with Gasteiger partial charge >= 0.3 is 24.3 Å². The van der Waals surface area contributed by atoms with Crippen molar-refractivity contribution in [2.75, 3.05) is 24.7 Å². The minimum absolute atomic E-state index is 0. The van der Waals surface area contributed by atoms with E-state index in [0.717, 1.165) is 11.1 Å². The largest absolute Gasteiger partial charge is 0.493 e. The number of fused-ring (bicyclic) bond motifs is 4. The minimum Gasteiger partial charge on any atom is -0.493 e. The number of aryl methyl sites for hydroxylation is 3. The van der Waals surface area contributed by atoms with Gasteiger partial charge in [-0.15, -0.1) is 0 Å². The smallest absolute Gasteiger partial charge is 0.437 e. The van der Waals surface area contributed by atoms with Gasteiger partial charge in [-0.05, 0) is 84.8 Å². The van der Waals surface area contributed by atoms with E-state index in [-0.39, 0.29) is 73.6 Å². The molecular weight excluding hydrogens is 1020 g/mol. The highest BCUT2D eigenvalue weighted by molar-refractivity contribution is 6.37. The van der Waals surface area contributed by atoms with Gasteiger partial charge in [0.05, 0.1) is 53.8 Å². The Kier molecular flexibility index (Phi) is 18.6. The molecule has 1 amide bonds. The van der Waals surface area contributed by atoms with Crippen molar-refractivity contribution in [3.05, 3.63) is 109 Å². The molecule has 0 aliphatic carbocycles. The van der Waals surface area contributed by atoms with Crippen molar-refractivity contribution in [1.29, 1.82) is 0 Å². The lowest BCUT2D eigenvalue weighted by molar-refractivity contribution is -0.142. The van der Waals surface area contributed by atoms with Crippen LogP contribution in [0.3, 0.4) is 0 Å². The zero-order valence-electron chi connectivity index (χ0n) is 37.3. The van der Waals surface area contributed by atoms with Crippen LogP contribution in [0.4, 0.5) is 32.0 Å². The molecular formula is C50H51Cl3F6N4O9. The van der Waals surface area contributed by atoms with E-state index in [9.17, 15) is 40.7 Å². The van der Waals surface area contributed by atoms with Crippen LogP contribution in [0.25, 0.3) is 32.8 Å². The van der Waals surface area contributed by atoms with Crippen LogP contribution in [-0.4, -0.2) is 62.7 Å². The monoisotopic (exact) mass is 1070 g/mol. The van der Waals surface area contributed by atoms with Gasteiger partial charge in [-0.3, -0.25) is 14.4 Å². The van der Waals surface area contributed by atoms with Crippen molar-refractivity contribution in [2.24, 2.45) is 0 Å². The van der Waals surface area contributed by atoms with Crippen LogP contribution in [0.2, 0.25) is 15.1 Å². The summed E-state index contributed by atoms with van der Waals surface area (Å²) in [5, 5.41) is 26.1. The average molecular weight is 1070 g/mol. The molecule has 0 saturated carbocycles. The fourth-order valence-corrected chi connectivity index (χ4v) is 9.06. The lowest BCUT2D eigenvalue weighted by Gasteiger charge is -2.19. The summed E-state index contributed by atoms with van der Waals surface area (Å²) in [4.78, 5) is 36.2. The number of aliphatic carboxylic acids is 2. The average Bonchev–Trinajstić information content (AvgIpc) is 4.06. The van der Waals surface area contributed by atoms with Gasteiger partial charge in [0.15, 0.2) is 22.6 Å². The Balaban J connectivity index is 0.000000260. The first kappa shape index (κ1) is 56.7. The van der Waals surface area contributed by atoms with Crippen LogP contribution in [0.15, 0.2) is 63.8 Å². The number of ether oxygens (including phenoxy) is 2. The molecule has 1 aliphatic heterocycles. The molecule has 0 bridgehead atoms. The van der Waals surface area contributed by atoms with Crippen LogP contribution in [0.1, 0.15) is 93.6 Å². The number of carbonyl (C=O) groups excluding carboxylic acids is 1. The summed E-state index contributed by atoms with van der Waals surface area (Å²) in [5.41, 5.74) is 2.19. The number of carboxylic acid groups (broad SMARTS) is 2. The molecule has 22 heteroatoms. The maximum atomic E-state index is 13.2. The van der Waals surface area contributed by atoms with E-state index >= 15 is 0 Å². The highest BCUT2D eigenvalue weighted by atomic mass is 35.5. The Morgan fingerprint density at radius 3 is 1.67 bits per heavy atom. The molecule has 0 unspecified atom stereocenters. The third-order valence-electron chi connectivity index (χ3n) is 11.4. The number of benzene rings is 4. The van der Waals surface area contributed by atoms with Crippen molar-refractivity contribution in [3.8, 4) is 11.5 Å². The molecule has 0 saturated heterocycles. The molecule has 13 nitrogen and oxygen atoms in total. The standard InChI is InChI=1S/C24H21Cl2F3N2O4.C24H22ClF3N2O5.2CH4/c1-2-4-14-20(6-5-15-22(14)35-30-23(15)24(27,28)29)34-8-3-7-31-12-18(26)16-9-13(10-21(32)33)17(25)11-19(16)31;1-2-4-15-19(6-5-16-22(15)35-29-23(16)24(26,27)28)34-8-3-7-30-18-12-17(25)13(11-21(32)33)9-14(18)10-20(30)31;;/h5-6,9,11-12H,2-4,7-8,10H2,1H3,(H,32,33);5-6,9,12H,2-4,7-8,10-11H2,1H3,(H,32,33);2*1H4. The molecule has 388 valence electrons. The Morgan fingerprint density at radius 1 is 0.694 bits per heavy atom. The van der Waals surface area contributed by atoms with Crippen molar-refractivity contribution >= 4 is 91.2 Å². The van der Waals surface area contributed by atoms with Gasteiger partial charge in [-0.1, -0.05) is 92.7 Å². The second-order valence-corrected chi connectivity index (χ2v) is 17.6. The van der Waals surface area contributed by atoms with Crippen LogP contribution in [0.5, 0.6) is 11.5 Å². The number of amides is 1. The molecule has 4 heterocycles. The summed E-state index contributed by atoms with van der Waals surface area (Å²) in [6.07, 6.45) is -4.44. The van der Waals surface area contributed by atoms with Gasteiger partial charge in [0.25, 0.3) is 0 Å². The SMILES string of the molecule is C.C.CCCc1c(OCCCN2C(=O)Cc3cc(CC(=O)O)c(Cl)cc32)ccc2c(C(F)(F)F)noc12.CCCc1c(OCCCn2cc(Cl)c3cc(CC(=O)O)c(Cl)cc32)ccc2c(C(F)(F)F)noc12. The fourth-order valence-electron chi connectivity index (χ4n) is 8.34. The molecule has 7 aromatic rings. The number of rotatable bonds is 18. The highest BCUT2D eigenvalue weighted by Gasteiger charge is 2.39. The number of hydrogen-bond acceptors (Lipinski definition) is 9. The molecule has 0 spiro atoms. The molecule has 8 rings (SSSR count). The lowest BCUT2D eigenvalue weighted by Crippen LogP contribution is -2.28. The summed E-state index contributed by atoms with van der Waals surface area (Å²) in [6.45, 7) is 5.19. The second-order valence-electron chi connectivity index (χ2n) is 16.4. The number of anilines is 1. The Bertz CT molecular complexity index is 3090. The van der Waals surface area contributed by atoms with Gasteiger partial charge < -0.3 is 38.2 Å². The van der Waals surface area contributed by atoms with Gasteiger partial charge in [-0.2, -0.15) is 26.3 Å².